The van der Waals surface area contributed by atoms with Gasteiger partial charge in [0.1, 0.15) is 5.78 Å². The first-order valence-electron chi connectivity index (χ1n) is 10.7. The number of hydrogen-bond donors (Lipinski definition) is 1. The number of anilines is 2. The summed E-state index contributed by atoms with van der Waals surface area (Å²) in [5, 5.41) is 4.96. The molecule has 1 fully saturated rings. The van der Waals surface area contributed by atoms with Crippen LogP contribution in [0.3, 0.4) is 0 Å². The van der Waals surface area contributed by atoms with Crippen molar-refractivity contribution in [1.82, 2.24) is 9.88 Å². The van der Waals surface area contributed by atoms with Gasteiger partial charge in [0.15, 0.2) is 5.03 Å². The van der Waals surface area contributed by atoms with E-state index >= 15 is 0 Å². The Balaban J connectivity index is 1.30. The fourth-order valence-corrected chi connectivity index (χ4v) is 6.78. The van der Waals surface area contributed by atoms with E-state index in [0.29, 0.717) is 29.7 Å². The lowest BCUT2D eigenvalue weighted by Gasteiger charge is -2.22. The van der Waals surface area contributed by atoms with Crippen molar-refractivity contribution in [3.8, 4) is 0 Å². The number of benzene rings is 1. The van der Waals surface area contributed by atoms with Crippen LogP contribution in [-0.2, 0) is 21.2 Å². The average Bonchev–Trinajstić information content (AvgIpc) is 3.53. The van der Waals surface area contributed by atoms with Gasteiger partial charge in [-0.25, -0.2) is 4.98 Å². The molecule has 1 aromatic heterocycles. The van der Waals surface area contributed by atoms with Crippen molar-refractivity contribution < 1.29 is 13.2 Å². The molecule has 3 aliphatic rings. The molecular formula is C22H25N5O3S2. The minimum atomic E-state index is -3.76. The molecule has 10 heteroatoms. The summed E-state index contributed by atoms with van der Waals surface area (Å²) >= 11 is 1.78. The highest BCUT2D eigenvalue weighted by molar-refractivity contribution is 8.15. The maximum atomic E-state index is 13.1. The van der Waals surface area contributed by atoms with Crippen LogP contribution in [-0.4, -0.2) is 73.6 Å². The lowest BCUT2D eigenvalue weighted by atomic mass is 10.1. The Morgan fingerprint density at radius 1 is 1.25 bits per heavy atom. The van der Waals surface area contributed by atoms with Crippen LogP contribution in [0.15, 0.2) is 52.6 Å². The SMILES string of the molecule is CN(c1cccc2c1NC(C1=NCC(CN3CCC(=O)C3)S1)C2)S(=O)(=O)c1ccccn1. The summed E-state index contributed by atoms with van der Waals surface area (Å²) in [6.07, 6.45) is 2.90. The van der Waals surface area contributed by atoms with E-state index in [1.165, 1.54) is 16.6 Å². The quantitative estimate of drug-likeness (QED) is 0.689. The fraction of sp³-hybridized carbons (Fsp3) is 0.409. The maximum Gasteiger partial charge on any atom is 0.281 e. The van der Waals surface area contributed by atoms with Gasteiger partial charge in [-0.15, -0.1) is 11.8 Å². The molecule has 0 spiro atoms. The molecule has 0 saturated carbocycles. The molecule has 4 heterocycles. The molecule has 168 valence electrons. The van der Waals surface area contributed by atoms with Crippen molar-refractivity contribution in [2.75, 3.05) is 42.8 Å². The first-order chi connectivity index (χ1) is 15.4. The number of para-hydroxylation sites is 1. The first kappa shape index (κ1) is 21.4. The van der Waals surface area contributed by atoms with Crippen molar-refractivity contribution in [1.29, 1.82) is 0 Å². The zero-order chi connectivity index (χ0) is 22.3. The van der Waals surface area contributed by atoms with Crippen LogP contribution in [0.5, 0.6) is 0 Å². The Kier molecular flexibility index (Phi) is 5.68. The molecule has 1 saturated heterocycles. The summed E-state index contributed by atoms with van der Waals surface area (Å²) in [6, 6.07) is 10.6. The van der Waals surface area contributed by atoms with Gasteiger partial charge in [0.25, 0.3) is 10.0 Å². The highest BCUT2D eigenvalue weighted by Gasteiger charge is 2.35. The lowest BCUT2D eigenvalue weighted by molar-refractivity contribution is -0.116. The molecule has 0 amide bonds. The topological polar surface area (TPSA) is 95.0 Å². The van der Waals surface area contributed by atoms with Crippen molar-refractivity contribution in [3.63, 3.8) is 0 Å². The molecular weight excluding hydrogens is 446 g/mol. The highest BCUT2D eigenvalue weighted by atomic mass is 32.2. The van der Waals surface area contributed by atoms with Gasteiger partial charge in [-0.3, -0.25) is 19.0 Å². The largest absolute Gasteiger partial charge is 0.374 e. The number of nitrogens with one attached hydrogen (secondary N) is 1. The van der Waals surface area contributed by atoms with Gasteiger partial charge in [0.2, 0.25) is 0 Å². The molecule has 1 aromatic carbocycles. The summed E-state index contributed by atoms with van der Waals surface area (Å²) in [7, 11) is -2.20. The Hall–Kier alpha value is -2.43. The van der Waals surface area contributed by atoms with Crippen LogP contribution in [0.25, 0.3) is 0 Å². The van der Waals surface area contributed by atoms with E-state index in [4.69, 9.17) is 4.99 Å². The molecule has 0 bridgehead atoms. The summed E-state index contributed by atoms with van der Waals surface area (Å²) in [6.45, 7) is 3.03. The molecule has 5 rings (SSSR count). The third-order valence-electron chi connectivity index (χ3n) is 6.08. The van der Waals surface area contributed by atoms with Crippen LogP contribution in [0.1, 0.15) is 12.0 Å². The number of ketones is 1. The van der Waals surface area contributed by atoms with E-state index in [2.05, 4.69) is 15.2 Å². The molecule has 0 radical (unpaired) electrons. The average molecular weight is 472 g/mol. The minimum absolute atomic E-state index is 0.0219. The number of aromatic nitrogens is 1. The number of carbonyl (C=O) groups is 1. The third-order valence-corrected chi connectivity index (χ3v) is 9.05. The number of rotatable bonds is 6. The summed E-state index contributed by atoms with van der Waals surface area (Å²) in [5.74, 6) is 0.319. The number of Topliss-reactive ketones (excluding diaryl/α,β-unsaturated/α-hetero) is 1. The van der Waals surface area contributed by atoms with Crippen LogP contribution in [0, 0.1) is 0 Å². The molecule has 2 unspecified atom stereocenters. The van der Waals surface area contributed by atoms with Gasteiger partial charge in [0, 0.05) is 44.4 Å². The van der Waals surface area contributed by atoms with Gasteiger partial charge < -0.3 is 5.32 Å². The van der Waals surface area contributed by atoms with E-state index in [-0.39, 0.29) is 11.1 Å². The highest BCUT2D eigenvalue weighted by Crippen LogP contribution is 2.39. The molecule has 32 heavy (non-hydrogen) atoms. The van der Waals surface area contributed by atoms with Crippen LogP contribution in [0.4, 0.5) is 11.4 Å². The van der Waals surface area contributed by atoms with E-state index in [1.54, 1.807) is 30.9 Å². The molecule has 1 N–H and O–H groups in total. The second-order valence-corrected chi connectivity index (χ2v) is 11.5. The standard InChI is InChI=1S/C22H25N5O3S2/c1-26(32(29,30)20-7-2-3-9-23-20)19-6-4-5-15-11-18(25-21(15)19)22-24-12-17(31-22)14-27-10-8-16(28)13-27/h2-7,9,17-18,25H,8,10-14H2,1H3. The molecule has 2 aromatic rings. The number of carbonyl (C=O) groups excluding carboxylic acids is 1. The lowest BCUT2D eigenvalue weighted by Crippen LogP contribution is -2.31. The van der Waals surface area contributed by atoms with Crippen LogP contribution >= 0.6 is 11.8 Å². The monoisotopic (exact) mass is 471 g/mol. The fourth-order valence-electron chi connectivity index (χ4n) is 4.41. The second kappa shape index (κ2) is 8.49. The number of thioether (sulfide) groups is 1. The molecule has 3 aliphatic heterocycles. The summed E-state index contributed by atoms with van der Waals surface area (Å²) < 4.78 is 27.5. The summed E-state index contributed by atoms with van der Waals surface area (Å²) in [4.78, 5) is 22.6. The predicted octanol–water partition coefficient (Wildman–Crippen LogP) is 2.03. The van der Waals surface area contributed by atoms with Crippen LogP contribution in [0.2, 0.25) is 0 Å². The Labute approximate surface area is 192 Å². The van der Waals surface area contributed by atoms with Crippen molar-refractivity contribution in [2.24, 2.45) is 4.99 Å². The van der Waals surface area contributed by atoms with Gasteiger partial charge in [0.05, 0.1) is 35.5 Å². The number of sulfonamides is 1. The molecule has 2 atom stereocenters. The van der Waals surface area contributed by atoms with Crippen molar-refractivity contribution >= 4 is 44.0 Å². The number of likely N-dealkylation sites (tertiary alicyclic amines) is 1. The molecule has 0 aliphatic carbocycles. The normalized spacial score (nSPS) is 23.2. The third kappa shape index (κ3) is 4.02. The Morgan fingerprint density at radius 2 is 2.12 bits per heavy atom. The number of fused-ring (bicyclic) bond motifs is 1. The van der Waals surface area contributed by atoms with Gasteiger partial charge >= 0.3 is 0 Å². The number of pyridine rings is 1. The smallest absolute Gasteiger partial charge is 0.281 e. The van der Waals surface area contributed by atoms with Gasteiger partial charge in [-0.05, 0) is 23.8 Å². The van der Waals surface area contributed by atoms with Gasteiger partial charge in [-0.2, -0.15) is 8.42 Å². The number of nitrogens with zero attached hydrogens (tertiary/aromatic N) is 4. The Morgan fingerprint density at radius 3 is 2.88 bits per heavy atom. The van der Waals surface area contributed by atoms with E-state index in [9.17, 15) is 13.2 Å². The van der Waals surface area contributed by atoms with E-state index in [0.717, 1.165) is 42.3 Å². The van der Waals surface area contributed by atoms with Crippen LogP contribution < -0.4 is 9.62 Å². The molecule has 8 nitrogen and oxygen atoms in total. The van der Waals surface area contributed by atoms with E-state index in [1.807, 2.05) is 18.2 Å². The minimum Gasteiger partial charge on any atom is -0.374 e. The predicted molar refractivity (Wildman–Crippen MR) is 127 cm³/mol. The second-order valence-electron chi connectivity index (χ2n) is 8.30. The van der Waals surface area contributed by atoms with Crippen molar-refractivity contribution in [3.05, 3.63) is 48.2 Å². The Bertz CT molecular complexity index is 1170. The van der Waals surface area contributed by atoms with E-state index < -0.39 is 10.0 Å². The van der Waals surface area contributed by atoms with Crippen molar-refractivity contribution in [2.45, 2.75) is 29.2 Å². The zero-order valence-electron chi connectivity index (χ0n) is 17.8. The zero-order valence-corrected chi connectivity index (χ0v) is 19.4. The first-order valence-corrected chi connectivity index (χ1v) is 13.0. The summed E-state index contributed by atoms with van der Waals surface area (Å²) in [5.41, 5.74) is 2.51. The maximum absolute atomic E-state index is 13.1. The number of hydrogen-bond acceptors (Lipinski definition) is 8. The number of aliphatic imine (C=N–C) groups is 1. The van der Waals surface area contributed by atoms with Gasteiger partial charge in [-0.1, -0.05) is 18.2 Å².